The van der Waals surface area contributed by atoms with Crippen molar-refractivity contribution in [2.75, 3.05) is 38.2 Å². The number of benzene rings is 1. The molecule has 1 fully saturated rings. The average Bonchev–Trinajstić information content (AvgIpc) is 3.24. The van der Waals surface area contributed by atoms with Crippen LogP contribution >= 0.6 is 0 Å². The number of carbonyl (C=O) groups excluding carboxylic acids is 1. The maximum Gasteiger partial charge on any atom is 0.266 e. The third-order valence-electron chi connectivity index (χ3n) is 5.61. The van der Waals surface area contributed by atoms with E-state index < -0.39 is 0 Å². The lowest BCUT2D eigenvalue weighted by atomic mass is 10.2. The topological polar surface area (TPSA) is 107 Å². The van der Waals surface area contributed by atoms with E-state index in [0.29, 0.717) is 24.7 Å². The molecule has 2 aromatic heterocycles. The van der Waals surface area contributed by atoms with Crippen molar-refractivity contribution in [2.24, 2.45) is 0 Å². The fraction of sp³-hybridized carbons (Fsp3) is 0.409. The Morgan fingerprint density at radius 2 is 1.91 bits per heavy atom. The van der Waals surface area contributed by atoms with Gasteiger partial charge in [0.1, 0.15) is 17.1 Å². The largest absolute Gasteiger partial charge is 0.495 e. The third-order valence-corrected chi connectivity index (χ3v) is 5.61. The molecule has 3 aromatic rings. The summed E-state index contributed by atoms with van der Waals surface area (Å²) in [5.41, 5.74) is 0.965. The second-order valence-electron chi connectivity index (χ2n) is 7.61. The predicted octanol–water partition coefficient (Wildman–Crippen LogP) is 1.66. The lowest BCUT2D eigenvalue weighted by Crippen LogP contribution is -2.49. The molecule has 0 N–H and O–H groups in total. The highest BCUT2D eigenvalue weighted by Crippen LogP contribution is 2.28. The van der Waals surface area contributed by atoms with Crippen molar-refractivity contribution in [1.29, 1.82) is 0 Å². The van der Waals surface area contributed by atoms with Gasteiger partial charge in [0.2, 0.25) is 5.91 Å². The van der Waals surface area contributed by atoms with Gasteiger partial charge in [0, 0.05) is 45.3 Å². The summed E-state index contributed by atoms with van der Waals surface area (Å²) in [6.07, 6.45) is 1.64. The van der Waals surface area contributed by atoms with Crippen molar-refractivity contribution in [3.05, 3.63) is 52.5 Å². The van der Waals surface area contributed by atoms with E-state index in [1.165, 1.54) is 10.8 Å². The van der Waals surface area contributed by atoms with Crippen molar-refractivity contribution in [1.82, 2.24) is 24.6 Å². The van der Waals surface area contributed by atoms with Gasteiger partial charge in [-0.25, -0.2) is 4.98 Å². The number of rotatable bonds is 6. The first-order valence-electron chi connectivity index (χ1n) is 10.5. The van der Waals surface area contributed by atoms with Crippen molar-refractivity contribution in [3.8, 4) is 17.2 Å². The van der Waals surface area contributed by atoms with Crippen molar-refractivity contribution in [3.63, 3.8) is 0 Å². The summed E-state index contributed by atoms with van der Waals surface area (Å²) in [5, 5.41) is 3.73. The van der Waals surface area contributed by atoms with Gasteiger partial charge < -0.3 is 19.1 Å². The van der Waals surface area contributed by atoms with E-state index in [-0.39, 0.29) is 35.9 Å². The number of amides is 1. The van der Waals surface area contributed by atoms with Gasteiger partial charge in [0.05, 0.1) is 12.8 Å². The Kier molecular flexibility index (Phi) is 6.20. The van der Waals surface area contributed by atoms with E-state index in [0.717, 1.165) is 24.5 Å². The maximum absolute atomic E-state index is 12.9. The van der Waals surface area contributed by atoms with Crippen LogP contribution in [0.25, 0.3) is 11.5 Å². The summed E-state index contributed by atoms with van der Waals surface area (Å²) in [7, 11) is 1.66. The Balaban J connectivity index is 1.39. The monoisotopic (exact) mass is 438 g/mol. The highest BCUT2D eigenvalue weighted by molar-refractivity contribution is 5.76. The molecule has 10 heteroatoms. The Bertz CT molecular complexity index is 1160. The van der Waals surface area contributed by atoms with E-state index >= 15 is 0 Å². The first-order valence-corrected chi connectivity index (χ1v) is 10.5. The molecular weight excluding hydrogens is 412 g/mol. The van der Waals surface area contributed by atoms with Crippen molar-refractivity contribution >= 4 is 11.6 Å². The van der Waals surface area contributed by atoms with Crippen LogP contribution in [0.2, 0.25) is 0 Å². The van der Waals surface area contributed by atoms with Crippen LogP contribution in [0.1, 0.15) is 18.1 Å². The number of carbonyl (C=O) groups is 1. The first-order chi connectivity index (χ1) is 15.5. The van der Waals surface area contributed by atoms with Gasteiger partial charge in [-0.05, 0) is 26.0 Å². The predicted molar refractivity (Wildman–Crippen MR) is 118 cm³/mol. The van der Waals surface area contributed by atoms with Crippen LogP contribution in [0, 0.1) is 13.8 Å². The fourth-order valence-corrected chi connectivity index (χ4v) is 3.85. The van der Waals surface area contributed by atoms with Gasteiger partial charge in [0.15, 0.2) is 5.82 Å². The molecule has 10 nitrogen and oxygen atoms in total. The smallest absolute Gasteiger partial charge is 0.266 e. The molecule has 168 valence electrons. The van der Waals surface area contributed by atoms with Gasteiger partial charge >= 0.3 is 0 Å². The molecule has 0 radical (unpaired) electrons. The third kappa shape index (κ3) is 4.34. The zero-order chi connectivity index (χ0) is 22.7. The minimum atomic E-state index is -0.296. The summed E-state index contributed by atoms with van der Waals surface area (Å²) in [4.78, 5) is 38.2. The lowest BCUT2D eigenvalue weighted by Gasteiger charge is -2.36. The van der Waals surface area contributed by atoms with Crippen molar-refractivity contribution < 1.29 is 14.1 Å². The molecule has 0 bridgehead atoms. The summed E-state index contributed by atoms with van der Waals surface area (Å²) >= 11 is 0. The van der Waals surface area contributed by atoms with Crippen LogP contribution in [-0.4, -0.2) is 63.8 Å². The van der Waals surface area contributed by atoms with Gasteiger partial charge in [-0.2, -0.15) is 4.98 Å². The molecule has 1 aliphatic heterocycles. The van der Waals surface area contributed by atoms with Gasteiger partial charge in [-0.1, -0.05) is 17.3 Å². The number of para-hydroxylation sites is 2. The molecule has 1 aromatic carbocycles. The maximum atomic E-state index is 12.9. The van der Waals surface area contributed by atoms with Crippen LogP contribution in [-0.2, 0) is 11.3 Å². The quantitative estimate of drug-likeness (QED) is 0.572. The van der Waals surface area contributed by atoms with Gasteiger partial charge in [-0.15, -0.1) is 0 Å². The Morgan fingerprint density at radius 1 is 1.16 bits per heavy atom. The molecule has 4 rings (SSSR count). The zero-order valence-electron chi connectivity index (χ0n) is 18.4. The highest BCUT2D eigenvalue weighted by Gasteiger charge is 2.23. The molecule has 32 heavy (non-hydrogen) atoms. The number of aromatic nitrogens is 4. The molecule has 1 amide bonds. The molecule has 3 heterocycles. The molecule has 0 saturated carbocycles. The van der Waals surface area contributed by atoms with Crippen LogP contribution in [0.5, 0.6) is 5.75 Å². The van der Waals surface area contributed by atoms with Crippen LogP contribution in [0.15, 0.2) is 39.8 Å². The summed E-state index contributed by atoms with van der Waals surface area (Å²) in [5.74, 6) is 1.94. The SMILES string of the molecule is COc1ccccc1N1CCN(C(=O)CCn2c(C)ncc(-c3nc(C)no3)c2=O)CC1. The molecule has 0 aliphatic carbocycles. The van der Waals surface area contributed by atoms with E-state index in [2.05, 4.69) is 20.0 Å². The van der Waals surface area contributed by atoms with E-state index in [1.54, 1.807) is 21.0 Å². The average molecular weight is 438 g/mol. The summed E-state index contributed by atoms with van der Waals surface area (Å²) in [6.45, 7) is 6.33. The van der Waals surface area contributed by atoms with E-state index in [1.807, 2.05) is 29.2 Å². The normalized spacial score (nSPS) is 14.0. The number of ether oxygens (including phenoxy) is 1. The number of anilines is 1. The van der Waals surface area contributed by atoms with Gasteiger partial charge in [0.25, 0.3) is 11.4 Å². The number of hydrogen-bond donors (Lipinski definition) is 0. The van der Waals surface area contributed by atoms with Crippen LogP contribution in [0.3, 0.4) is 0 Å². The number of methoxy groups -OCH3 is 1. The minimum absolute atomic E-state index is 0.00927. The minimum Gasteiger partial charge on any atom is -0.495 e. The Morgan fingerprint density at radius 3 is 2.59 bits per heavy atom. The number of hydrogen-bond acceptors (Lipinski definition) is 8. The zero-order valence-corrected chi connectivity index (χ0v) is 18.4. The molecule has 0 atom stereocenters. The number of nitrogens with zero attached hydrogens (tertiary/aromatic N) is 6. The molecule has 0 spiro atoms. The second kappa shape index (κ2) is 9.21. The molecule has 1 aliphatic rings. The number of aryl methyl sites for hydroxylation is 2. The van der Waals surface area contributed by atoms with E-state index in [9.17, 15) is 9.59 Å². The van der Waals surface area contributed by atoms with Gasteiger partial charge in [-0.3, -0.25) is 14.2 Å². The van der Waals surface area contributed by atoms with Crippen molar-refractivity contribution in [2.45, 2.75) is 26.8 Å². The summed E-state index contributed by atoms with van der Waals surface area (Å²) < 4.78 is 12.0. The highest BCUT2D eigenvalue weighted by atomic mass is 16.5. The molecule has 1 saturated heterocycles. The first kappa shape index (κ1) is 21.5. The second-order valence-corrected chi connectivity index (χ2v) is 7.61. The fourth-order valence-electron chi connectivity index (χ4n) is 3.85. The lowest BCUT2D eigenvalue weighted by molar-refractivity contribution is -0.131. The Labute approximate surface area is 185 Å². The molecular formula is C22H26N6O4. The van der Waals surface area contributed by atoms with E-state index in [4.69, 9.17) is 9.26 Å². The van der Waals surface area contributed by atoms with Crippen LogP contribution < -0.4 is 15.2 Å². The van der Waals surface area contributed by atoms with Crippen LogP contribution in [0.4, 0.5) is 5.69 Å². The Hall–Kier alpha value is -3.69. The molecule has 0 unspecified atom stereocenters. The summed E-state index contributed by atoms with van der Waals surface area (Å²) in [6, 6.07) is 7.88. The standard InChI is InChI=1S/C22H26N6O4/c1-15-24-21(32-25-15)17-14-23-16(2)28(22(17)30)9-8-20(29)27-12-10-26(11-13-27)18-6-4-5-7-19(18)31-3/h4-7,14H,8-13H2,1-3H3. The number of piperazine rings is 1.